The van der Waals surface area contributed by atoms with Crippen molar-refractivity contribution in [2.45, 2.75) is 27.3 Å². The van der Waals surface area contributed by atoms with Gasteiger partial charge in [0.15, 0.2) is 0 Å². The predicted molar refractivity (Wildman–Crippen MR) is 84.0 cm³/mol. The van der Waals surface area contributed by atoms with Crippen LogP contribution in [0.3, 0.4) is 0 Å². The molecule has 0 radical (unpaired) electrons. The summed E-state index contributed by atoms with van der Waals surface area (Å²) < 4.78 is 12.5. The summed E-state index contributed by atoms with van der Waals surface area (Å²) in [6.07, 6.45) is 1.77. The molecule has 0 spiro atoms. The van der Waals surface area contributed by atoms with Crippen LogP contribution in [0.2, 0.25) is 0 Å². The quantitative estimate of drug-likeness (QED) is 0.583. The first-order chi connectivity index (χ1) is 10.6. The van der Waals surface area contributed by atoms with Crippen LogP contribution in [0.15, 0.2) is 30.5 Å². The molecule has 0 saturated carbocycles. The van der Waals surface area contributed by atoms with E-state index < -0.39 is 0 Å². The molecule has 2 aromatic heterocycles. The molecule has 0 fully saturated rings. The summed E-state index contributed by atoms with van der Waals surface area (Å²) in [7, 11) is 0. The highest BCUT2D eigenvalue weighted by molar-refractivity contribution is 5.91. The summed E-state index contributed by atoms with van der Waals surface area (Å²) in [6, 6.07) is 7.68. The number of pyridine rings is 1. The van der Waals surface area contributed by atoms with E-state index in [1.54, 1.807) is 6.20 Å². The Morgan fingerprint density at radius 1 is 1.27 bits per heavy atom. The molecule has 5 nitrogen and oxygen atoms in total. The molecule has 0 aromatic carbocycles. The van der Waals surface area contributed by atoms with E-state index in [2.05, 4.69) is 9.55 Å². The van der Waals surface area contributed by atoms with Gasteiger partial charge in [-0.05, 0) is 39.0 Å². The van der Waals surface area contributed by atoms with Crippen LogP contribution in [0.4, 0.5) is 0 Å². The number of esters is 1. The molecule has 118 valence electrons. The average molecular weight is 302 g/mol. The van der Waals surface area contributed by atoms with Gasteiger partial charge in [0.2, 0.25) is 0 Å². The third kappa shape index (κ3) is 3.95. The van der Waals surface area contributed by atoms with Gasteiger partial charge in [-0.2, -0.15) is 0 Å². The van der Waals surface area contributed by atoms with Crippen molar-refractivity contribution in [1.29, 1.82) is 0 Å². The third-order valence-electron chi connectivity index (χ3n) is 3.50. The van der Waals surface area contributed by atoms with Crippen LogP contribution in [0.5, 0.6) is 0 Å². The van der Waals surface area contributed by atoms with Gasteiger partial charge in [-0.3, -0.25) is 4.98 Å². The molecular weight excluding hydrogens is 280 g/mol. The van der Waals surface area contributed by atoms with Gasteiger partial charge in [0.1, 0.15) is 6.61 Å². The summed E-state index contributed by atoms with van der Waals surface area (Å²) in [6.45, 7) is 7.78. The van der Waals surface area contributed by atoms with E-state index in [0.717, 1.165) is 17.1 Å². The molecular formula is C17H22N2O3. The lowest BCUT2D eigenvalue weighted by atomic mass is 10.2. The number of aromatic nitrogens is 2. The molecule has 2 aromatic rings. The van der Waals surface area contributed by atoms with Crippen molar-refractivity contribution in [1.82, 2.24) is 9.55 Å². The average Bonchev–Trinajstić information content (AvgIpc) is 2.81. The standard InChI is InChI=1S/C17H22N2O3/c1-4-21-9-10-22-17(20)16-11-13(2)19(14(16)3)12-15-7-5-6-8-18-15/h5-8,11H,4,9-10,12H2,1-3H3. The van der Waals surface area contributed by atoms with Gasteiger partial charge < -0.3 is 14.0 Å². The van der Waals surface area contributed by atoms with Gasteiger partial charge in [-0.25, -0.2) is 4.79 Å². The van der Waals surface area contributed by atoms with Crippen molar-refractivity contribution in [3.63, 3.8) is 0 Å². The highest BCUT2D eigenvalue weighted by atomic mass is 16.6. The number of hydrogen-bond acceptors (Lipinski definition) is 4. The maximum Gasteiger partial charge on any atom is 0.340 e. The summed E-state index contributed by atoms with van der Waals surface area (Å²) >= 11 is 0. The van der Waals surface area contributed by atoms with Crippen molar-refractivity contribution >= 4 is 5.97 Å². The lowest BCUT2D eigenvalue weighted by molar-refractivity contribution is 0.0334. The Hall–Kier alpha value is -2.14. The van der Waals surface area contributed by atoms with Crippen molar-refractivity contribution < 1.29 is 14.3 Å². The Morgan fingerprint density at radius 3 is 2.77 bits per heavy atom. The molecule has 2 heterocycles. The molecule has 0 atom stereocenters. The molecule has 22 heavy (non-hydrogen) atoms. The smallest absolute Gasteiger partial charge is 0.340 e. The van der Waals surface area contributed by atoms with Gasteiger partial charge >= 0.3 is 5.97 Å². The first-order valence-corrected chi connectivity index (χ1v) is 7.45. The zero-order valence-electron chi connectivity index (χ0n) is 13.3. The number of aryl methyl sites for hydroxylation is 1. The number of rotatable bonds is 7. The number of hydrogen-bond donors (Lipinski definition) is 0. The predicted octanol–water partition coefficient (Wildman–Crippen LogP) is 2.74. The van der Waals surface area contributed by atoms with Gasteiger partial charge in [-0.15, -0.1) is 0 Å². The van der Waals surface area contributed by atoms with Crippen LogP contribution in [-0.4, -0.2) is 35.3 Å². The Morgan fingerprint density at radius 2 is 2.09 bits per heavy atom. The fourth-order valence-corrected chi connectivity index (χ4v) is 2.32. The summed E-state index contributed by atoms with van der Waals surface area (Å²) in [4.78, 5) is 16.5. The Balaban J connectivity index is 2.08. The van der Waals surface area contributed by atoms with E-state index in [0.29, 0.717) is 25.3 Å². The van der Waals surface area contributed by atoms with E-state index in [1.165, 1.54) is 0 Å². The molecule has 0 unspecified atom stereocenters. The number of carbonyl (C=O) groups excluding carboxylic acids is 1. The molecule has 0 saturated heterocycles. The van der Waals surface area contributed by atoms with E-state index in [1.807, 2.05) is 45.0 Å². The van der Waals surface area contributed by atoms with Crippen LogP contribution >= 0.6 is 0 Å². The first kappa shape index (κ1) is 16.2. The lowest BCUT2D eigenvalue weighted by Gasteiger charge is -2.09. The minimum Gasteiger partial charge on any atom is -0.460 e. The van der Waals surface area contributed by atoms with Crippen LogP contribution in [0.1, 0.15) is 34.4 Å². The zero-order valence-corrected chi connectivity index (χ0v) is 13.3. The van der Waals surface area contributed by atoms with Crippen molar-refractivity contribution in [2.24, 2.45) is 0 Å². The fraction of sp³-hybridized carbons (Fsp3) is 0.412. The minimum atomic E-state index is -0.305. The summed E-state index contributed by atoms with van der Waals surface area (Å²) in [5.41, 5.74) is 3.47. The van der Waals surface area contributed by atoms with Crippen LogP contribution in [-0.2, 0) is 16.0 Å². The van der Waals surface area contributed by atoms with Crippen molar-refractivity contribution in [3.8, 4) is 0 Å². The molecule has 0 aliphatic heterocycles. The highest BCUT2D eigenvalue weighted by Crippen LogP contribution is 2.17. The fourth-order valence-electron chi connectivity index (χ4n) is 2.32. The van der Waals surface area contributed by atoms with Crippen molar-refractivity contribution in [2.75, 3.05) is 19.8 Å². The SMILES string of the molecule is CCOCCOC(=O)c1cc(C)n(Cc2ccccn2)c1C. The van der Waals surface area contributed by atoms with Crippen LogP contribution in [0.25, 0.3) is 0 Å². The Bertz CT molecular complexity index is 620. The second kappa shape index (κ2) is 7.75. The molecule has 0 aliphatic rings. The number of nitrogens with zero attached hydrogens (tertiary/aromatic N) is 2. The molecule has 5 heteroatoms. The van der Waals surface area contributed by atoms with E-state index in [4.69, 9.17) is 9.47 Å². The maximum absolute atomic E-state index is 12.1. The third-order valence-corrected chi connectivity index (χ3v) is 3.50. The minimum absolute atomic E-state index is 0.274. The Labute approximate surface area is 130 Å². The van der Waals surface area contributed by atoms with E-state index in [9.17, 15) is 4.79 Å². The molecule has 0 bridgehead atoms. The Kier molecular flexibility index (Phi) is 5.72. The van der Waals surface area contributed by atoms with Gasteiger partial charge in [-0.1, -0.05) is 6.07 Å². The van der Waals surface area contributed by atoms with Gasteiger partial charge in [0.25, 0.3) is 0 Å². The van der Waals surface area contributed by atoms with E-state index >= 15 is 0 Å². The second-order valence-electron chi connectivity index (χ2n) is 5.02. The van der Waals surface area contributed by atoms with Crippen LogP contribution in [0, 0.1) is 13.8 Å². The zero-order chi connectivity index (χ0) is 15.9. The number of ether oxygens (including phenoxy) is 2. The number of carbonyl (C=O) groups is 1. The molecule has 0 amide bonds. The molecule has 0 N–H and O–H groups in total. The monoisotopic (exact) mass is 302 g/mol. The molecule has 2 rings (SSSR count). The van der Waals surface area contributed by atoms with Crippen LogP contribution < -0.4 is 0 Å². The lowest BCUT2D eigenvalue weighted by Crippen LogP contribution is -2.12. The molecule has 0 aliphatic carbocycles. The first-order valence-electron chi connectivity index (χ1n) is 7.45. The largest absolute Gasteiger partial charge is 0.460 e. The van der Waals surface area contributed by atoms with Gasteiger partial charge in [0, 0.05) is 24.2 Å². The maximum atomic E-state index is 12.1. The normalized spacial score (nSPS) is 10.7. The summed E-state index contributed by atoms with van der Waals surface area (Å²) in [5.74, 6) is -0.305. The highest BCUT2D eigenvalue weighted by Gasteiger charge is 2.17. The van der Waals surface area contributed by atoms with Gasteiger partial charge in [0.05, 0.1) is 24.4 Å². The summed E-state index contributed by atoms with van der Waals surface area (Å²) in [5, 5.41) is 0. The van der Waals surface area contributed by atoms with Crippen molar-refractivity contribution in [3.05, 3.63) is 53.1 Å². The van der Waals surface area contributed by atoms with E-state index in [-0.39, 0.29) is 12.6 Å². The second-order valence-corrected chi connectivity index (χ2v) is 5.02. The topological polar surface area (TPSA) is 53.4 Å².